The molecule has 0 amide bonds. The summed E-state index contributed by atoms with van der Waals surface area (Å²) in [5.41, 5.74) is 3.20. The molecule has 0 radical (unpaired) electrons. The maximum absolute atomic E-state index is 2.52. The largest absolute Gasteiger partial charge is 0.143 e. The van der Waals surface area contributed by atoms with Gasteiger partial charge in [0.05, 0.1) is 0 Å². The number of thiophene rings is 2. The monoisotopic (exact) mass is 414 g/mol. The number of aryl methyl sites for hydroxylation is 2. The lowest BCUT2D eigenvalue weighted by molar-refractivity contribution is 0.608. The summed E-state index contributed by atoms with van der Waals surface area (Å²) in [6.07, 6.45) is 19.1. The summed E-state index contributed by atoms with van der Waals surface area (Å²) in [5, 5.41) is 7.87. The first-order valence-electron chi connectivity index (χ1n) is 11.7. The van der Waals surface area contributed by atoms with Crippen LogP contribution >= 0.6 is 22.7 Å². The number of unbranched alkanes of at least 4 members (excludes halogenated alkanes) is 10. The Labute approximate surface area is 180 Å². The highest BCUT2D eigenvalue weighted by molar-refractivity contribution is 7.21. The van der Waals surface area contributed by atoms with Gasteiger partial charge in [-0.2, -0.15) is 0 Å². The van der Waals surface area contributed by atoms with Crippen LogP contribution in [0, 0.1) is 0 Å². The van der Waals surface area contributed by atoms with Gasteiger partial charge in [-0.15, -0.1) is 22.7 Å². The minimum absolute atomic E-state index is 1.25. The van der Waals surface area contributed by atoms with Crippen LogP contribution in [0.25, 0.3) is 20.2 Å². The zero-order valence-corrected chi connectivity index (χ0v) is 19.7. The number of rotatable bonds is 14. The third kappa shape index (κ3) is 5.83. The summed E-state index contributed by atoms with van der Waals surface area (Å²) < 4.78 is 3.08. The minimum atomic E-state index is 1.25. The van der Waals surface area contributed by atoms with E-state index in [9.17, 15) is 0 Å². The number of hydrogen-bond acceptors (Lipinski definition) is 2. The molecular weight excluding hydrogens is 376 g/mol. The van der Waals surface area contributed by atoms with Crippen molar-refractivity contribution in [3.8, 4) is 0 Å². The second-order valence-electron chi connectivity index (χ2n) is 8.37. The molecule has 2 heteroatoms. The predicted octanol–water partition coefficient (Wildman–Crippen LogP) is 9.92. The minimum Gasteiger partial charge on any atom is -0.143 e. The zero-order chi connectivity index (χ0) is 19.6. The number of hydrogen-bond donors (Lipinski definition) is 0. The molecule has 0 N–H and O–H groups in total. The molecule has 154 valence electrons. The Balaban J connectivity index is 1.63. The molecule has 0 saturated carbocycles. The fourth-order valence-electron chi connectivity index (χ4n) is 4.35. The first-order valence-corrected chi connectivity index (χ1v) is 13.5. The van der Waals surface area contributed by atoms with Crippen molar-refractivity contribution in [2.45, 2.75) is 104 Å². The summed E-state index contributed by atoms with van der Waals surface area (Å²) in [6.45, 7) is 4.59. The highest BCUT2D eigenvalue weighted by Gasteiger charge is 2.13. The highest BCUT2D eigenvalue weighted by Crippen LogP contribution is 2.39. The molecule has 3 rings (SSSR count). The van der Waals surface area contributed by atoms with Crippen molar-refractivity contribution in [3.05, 3.63) is 34.0 Å². The first kappa shape index (κ1) is 21.8. The van der Waals surface area contributed by atoms with Gasteiger partial charge >= 0.3 is 0 Å². The Bertz CT molecular complexity index is 824. The van der Waals surface area contributed by atoms with Crippen LogP contribution in [0.3, 0.4) is 0 Å². The summed E-state index contributed by atoms with van der Waals surface area (Å²) in [5.74, 6) is 0. The van der Waals surface area contributed by atoms with Crippen LogP contribution in [-0.2, 0) is 12.8 Å². The Kier molecular flexibility index (Phi) is 9.34. The summed E-state index contributed by atoms with van der Waals surface area (Å²) in [6, 6.07) is 4.89. The molecule has 0 aliphatic rings. The normalized spacial score (nSPS) is 11.8. The molecule has 2 aromatic heterocycles. The van der Waals surface area contributed by atoms with Crippen molar-refractivity contribution >= 4 is 42.8 Å². The molecule has 0 unspecified atom stereocenters. The lowest BCUT2D eigenvalue weighted by atomic mass is 9.98. The van der Waals surface area contributed by atoms with Crippen molar-refractivity contribution in [2.24, 2.45) is 0 Å². The van der Waals surface area contributed by atoms with E-state index < -0.39 is 0 Å². The lowest BCUT2D eigenvalue weighted by Gasteiger charge is -2.07. The van der Waals surface area contributed by atoms with E-state index in [1.165, 1.54) is 100.0 Å². The van der Waals surface area contributed by atoms with Gasteiger partial charge in [-0.05, 0) is 65.1 Å². The summed E-state index contributed by atoms with van der Waals surface area (Å²) >= 11 is 3.93. The average Bonchev–Trinajstić information content (AvgIpc) is 3.34. The Morgan fingerprint density at radius 3 is 1.96 bits per heavy atom. The molecule has 1 aromatic carbocycles. The topological polar surface area (TPSA) is 0 Å². The average molecular weight is 415 g/mol. The Morgan fingerprint density at radius 2 is 1.29 bits per heavy atom. The summed E-state index contributed by atoms with van der Waals surface area (Å²) in [4.78, 5) is 0. The highest BCUT2D eigenvalue weighted by atomic mass is 32.1. The molecule has 0 saturated heterocycles. The molecule has 0 nitrogen and oxygen atoms in total. The molecule has 0 spiro atoms. The third-order valence-corrected chi connectivity index (χ3v) is 7.95. The van der Waals surface area contributed by atoms with Crippen LogP contribution in [0.1, 0.15) is 102 Å². The van der Waals surface area contributed by atoms with E-state index in [1.54, 1.807) is 21.2 Å². The lowest BCUT2D eigenvalue weighted by Crippen LogP contribution is -1.89. The van der Waals surface area contributed by atoms with Gasteiger partial charge in [-0.3, -0.25) is 0 Å². The SMILES string of the molecule is CCCCCCCCc1cc2scc(CCCCCCCC)c2c2sccc12. The summed E-state index contributed by atoms with van der Waals surface area (Å²) in [7, 11) is 0. The van der Waals surface area contributed by atoms with Gasteiger partial charge in [0.25, 0.3) is 0 Å². The van der Waals surface area contributed by atoms with Gasteiger partial charge in [-0.1, -0.05) is 78.1 Å². The molecule has 0 fully saturated rings. The second kappa shape index (κ2) is 12.0. The van der Waals surface area contributed by atoms with Crippen molar-refractivity contribution in [1.29, 1.82) is 0 Å². The molecule has 0 atom stereocenters. The van der Waals surface area contributed by atoms with Gasteiger partial charge in [0.15, 0.2) is 0 Å². The molecule has 0 bridgehead atoms. The maximum Gasteiger partial charge on any atom is 0.0435 e. The Hall–Kier alpha value is -0.860. The van der Waals surface area contributed by atoms with E-state index >= 15 is 0 Å². The third-order valence-electron chi connectivity index (χ3n) is 6.04. The van der Waals surface area contributed by atoms with E-state index in [-0.39, 0.29) is 0 Å². The van der Waals surface area contributed by atoms with Gasteiger partial charge in [0.2, 0.25) is 0 Å². The van der Waals surface area contributed by atoms with E-state index in [0.29, 0.717) is 0 Å². The zero-order valence-electron chi connectivity index (χ0n) is 18.0. The van der Waals surface area contributed by atoms with Crippen molar-refractivity contribution in [3.63, 3.8) is 0 Å². The van der Waals surface area contributed by atoms with E-state index in [0.717, 1.165) is 0 Å². The van der Waals surface area contributed by atoms with Gasteiger partial charge in [-0.25, -0.2) is 0 Å². The fraction of sp³-hybridized carbons (Fsp3) is 0.615. The number of fused-ring (bicyclic) bond motifs is 3. The van der Waals surface area contributed by atoms with Crippen LogP contribution in [0.2, 0.25) is 0 Å². The predicted molar refractivity (Wildman–Crippen MR) is 131 cm³/mol. The fourth-order valence-corrected chi connectivity index (χ4v) is 6.50. The molecule has 3 aromatic rings. The smallest absolute Gasteiger partial charge is 0.0435 e. The van der Waals surface area contributed by atoms with Crippen LogP contribution in [0.4, 0.5) is 0 Å². The van der Waals surface area contributed by atoms with Gasteiger partial charge < -0.3 is 0 Å². The van der Waals surface area contributed by atoms with Gasteiger partial charge in [0.1, 0.15) is 0 Å². The quantitative estimate of drug-likeness (QED) is 0.230. The number of benzene rings is 1. The van der Waals surface area contributed by atoms with E-state index in [1.807, 2.05) is 22.7 Å². The molecular formula is C26H38S2. The van der Waals surface area contributed by atoms with Crippen molar-refractivity contribution in [1.82, 2.24) is 0 Å². The Morgan fingerprint density at radius 1 is 0.679 bits per heavy atom. The van der Waals surface area contributed by atoms with Crippen LogP contribution in [0.15, 0.2) is 22.9 Å². The molecule has 2 heterocycles. The van der Waals surface area contributed by atoms with Crippen molar-refractivity contribution in [2.75, 3.05) is 0 Å². The standard InChI is InChI=1S/C26H38S2/c1-3-5-7-9-11-13-15-21-19-24-25(26-23(21)17-18-27-26)22(20-28-24)16-14-12-10-8-6-4-2/h17-20H,3-16H2,1-2H3. The molecule has 28 heavy (non-hydrogen) atoms. The first-order chi connectivity index (χ1) is 13.8. The molecule has 0 aliphatic carbocycles. The van der Waals surface area contributed by atoms with Crippen LogP contribution < -0.4 is 0 Å². The van der Waals surface area contributed by atoms with Crippen LogP contribution in [-0.4, -0.2) is 0 Å². The van der Waals surface area contributed by atoms with Crippen LogP contribution in [0.5, 0.6) is 0 Å². The molecule has 0 aliphatic heterocycles. The van der Waals surface area contributed by atoms with Crippen molar-refractivity contribution < 1.29 is 0 Å². The van der Waals surface area contributed by atoms with E-state index in [2.05, 4.69) is 36.7 Å². The van der Waals surface area contributed by atoms with Gasteiger partial charge in [0, 0.05) is 14.8 Å². The maximum atomic E-state index is 2.52. The van der Waals surface area contributed by atoms with E-state index in [4.69, 9.17) is 0 Å². The second-order valence-corrected chi connectivity index (χ2v) is 10.2.